The lowest BCUT2D eigenvalue weighted by atomic mass is 9.86. The summed E-state index contributed by atoms with van der Waals surface area (Å²) in [5, 5.41) is 4.33. The molecule has 0 bridgehead atoms. The number of amides is 1. The highest BCUT2D eigenvalue weighted by Gasteiger charge is 2.17. The number of aromatic nitrogens is 1. The van der Waals surface area contributed by atoms with Crippen molar-refractivity contribution in [3.8, 4) is 0 Å². The number of fused-ring (bicyclic) bond motifs is 1. The van der Waals surface area contributed by atoms with Gasteiger partial charge in [0.05, 0.1) is 6.04 Å². The van der Waals surface area contributed by atoms with Gasteiger partial charge in [0, 0.05) is 28.7 Å². The van der Waals surface area contributed by atoms with Crippen molar-refractivity contribution in [3.63, 3.8) is 0 Å². The summed E-state index contributed by atoms with van der Waals surface area (Å²) < 4.78 is 2.35. The molecule has 2 aromatic carbocycles. The van der Waals surface area contributed by atoms with Gasteiger partial charge in [0.1, 0.15) is 0 Å². The third kappa shape index (κ3) is 4.24. The number of benzene rings is 2. The standard InChI is InChI=1S/C26H34N2O/c1-8-15-28-19(4)17(2)23-16-21(11-14-24(23)28)25(29)27-18(3)20-9-12-22(13-10-20)26(5,6)7/h9-14,16,18H,8,15H2,1-7H3,(H,27,29)/t18-/m0/s1. The first-order valence-corrected chi connectivity index (χ1v) is 10.6. The molecule has 1 amide bonds. The van der Waals surface area contributed by atoms with E-state index in [1.165, 1.54) is 27.7 Å². The van der Waals surface area contributed by atoms with Gasteiger partial charge in [-0.25, -0.2) is 0 Å². The van der Waals surface area contributed by atoms with Crippen LogP contribution in [0.2, 0.25) is 0 Å². The van der Waals surface area contributed by atoms with E-state index in [-0.39, 0.29) is 17.4 Å². The summed E-state index contributed by atoms with van der Waals surface area (Å²) in [4.78, 5) is 12.9. The average Bonchev–Trinajstić information content (AvgIpc) is 2.92. The van der Waals surface area contributed by atoms with E-state index in [2.05, 4.69) is 81.8 Å². The predicted octanol–water partition coefficient (Wildman–Crippen LogP) is 6.46. The zero-order valence-electron chi connectivity index (χ0n) is 18.9. The second-order valence-corrected chi connectivity index (χ2v) is 9.16. The van der Waals surface area contributed by atoms with Crippen LogP contribution in [0.25, 0.3) is 10.9 Å². The molecule has 3 rings (SSSR count). The molecule has 1 heterocycles. The lowest BCUT2D eigenvalue weighted by Gasteiger charge is -2.20. The summed E-state index contributed by atoms with van der Waals surface area (Å²) in [5.41, 5.74) is 7.02. The molecule has 3 aromatic rings. The first kappa shape index (κ1) is 21.2. The molecule has 0 aliphatic carbocycles. The molecular formula is C26H34N2O. The molecule has 0 unspecified atom stereocenters. The molecule has 1 N–H and O–H groups in total. The van der Waals surface area contributed by atoms with E-state index in [1.54, 1.807) is 0 Å². The van der Waals surface area contributed by atoms with Crippen LogP contribution in [0.4, 0.5) is 0 Å². The Labute approximate surface area is 175 Å². The summed E-state index contributed by atoms with van der Waals surface area (Å²) in [6, 6.07) is 14.6. The van der Waals surface area contributed by atoms with Gasteiger partial charge in [0.25, 0.3) is 5.91 Å². The maximum atomic E-state index is 12.9. The van der Waals surface area contributed by atoms with Crippen LogP contribution < -0.4 is 5.32 Å². The third-order valence-corrected chi connectivity index (χ3v) is 5.97. The van der Waals surface area contributed by atoms with Gasteiger partial charge in [-0.15, -0.1) is 0 Å². The molecule has 0 aliphatic rings. The molecule has 1 atom stereocenters. The molecule has 0 aliphatic heterocycles. The number of carbonyl (C=O) groups excluding carboxylic acids is 1. The van der Waals surface area contributed by atoms with Gasteiger partial charge < -0.3 is 9.88 Å². The third-order valence-electron chi connectivity index (χ3n) is 5.97. The minimum Gasteiger partial charge on any atom is -0.346 e. The Bertz CT molecular complexity index is 1020. The smallest absolute Gasteiger partial charge is 0.251 e. The zero-order chi connectivity index (χ0) is 21.3. The van der Waals surface area contributed by atoms with Crippen LogP contribution in [0.15, 0.2) is 42.5 Å². The topological polar surface area (TPSA) is 34.0 Å². The Morgan fingerprint density at radius 2 is 1.72 bits per heavy atom. The molecule has 0 radical (unpaired) electrons. The highest BCUT2D eigenvalue weighted by molar-refractivity contribution is 5.99. The van der Waals surface area contributed by atoms with Crippen molar-refractivity contribution >= 4 is 16.8 Å². The van der Waals surface area contributed by atoms with Crippen LogP contribution in [0.5, 0.6) is 0 Å². The number of hydrogen-bond acceptors (Lipinski definition) is 1. The van der Waals surface area contributed by atoms with Crippen molar-refractivity contribution in [1.29, 1.82) is 0 Å². The molecule has 29 heavy (non-hydrogen) atoms. The summed E-state index contributed by atoms with van der Waals surface area (Å²) >= 11 is 0. The van der Waals surface area contributed by atoms with Crippen molar-refractivity contribution in [2.45, 2.75) is 72.9 Å². The molecule has 3 heteroatoms. The van der Waals surface area contributed by atoms with E-state index in [1.807, 2.05) is 19.1 Å². The number of nitrogens with zero attached hydrogens (tertiary/aromatic N) is 1. The predicted molar refractivity (Wildman–Crippen MR) is 123 cm³/mol. The Kier molecular flexibility index (Phi) is 5.88. The highest BCUT2D eigenvalue weighted by atomic mass is 16.1. The molecule has 0 fully saturated rings. The van der Waals surface area contributed by atoms with Gasteiger partial charge in [-0.2, -0.15) is 0 Å². The van der Waals surface area contributed by atoms with Crippen LogP contribution in [0, 0.1) is 13.8 Å². The van der Waals surface area contributed by atoms with Crippen LogP contribution in [0.1, 0.15) is 79.8 Å². The number of carbonyl (C=O) groups is 1. The Morgan fingerprint density at radius 3 is 2.31 bits per heavy atom. The minimum atomic E-state index is -0.0419. The van der Waals surface area contributed by atoms with Crippen LogP contribution in [0.3, 0.4) is 0 Å². The van der Waals surface area contributed by atoms with Crippen molar-refractivity contribution in [3.05, 3.63) is 70.4 Å². The summed E-state index contributed by atoms with van der Waals surface area (Å²) in [6.45, 7) is 16.2. The van der Waals surface area contributed by atoms with Gasteiger partial charge in [-0.3, -0.25) is 4.79 Å². The lowest BCUT2D eigenvalue weighted by molar-refractivity contribution is 0.0940. The quantitative estimate of drug-likeness (QED) is 0.533. The number of aryl methyl sites for hydroxylation is 2. The van der Waals surface area contributed by atoms with Crippen molar-refractivity contribution in [2.24, 2.45) is 0 Å². The number of nitrogens with one attached hydrogen (secondary N) is 1. The van der Waals surface area contributed by atoms with Gasteiger partial charge >= 0.3 is 0 Å². The summed E-state index contributed by atoms with van der Waals surface area (Å²) in [7, 11) is 0. The van der Waals surface area contributed by atoms with Gasteiger partial charge in [0.15, 0.2) is 0 Å². The fraction of sp³-hybridized carbons (Fsp3) is 0.423. The van der Waals surface area contributed by atoms with Crippen LogP contribution in [-0.2, 0) is 12.0 Å². The van der Waals surface area contributed by atoms with Crippen LogP contribution >= 0.6 is 0 Å². The Hall–Kier alpha value is -2.55. The molecule has 0 saturated carbocycles. The molecular weight excluding hydrogens is 356 g/mol. The average molecular weight is 391 g/mol. The van der Waals surface area contributed by atoms with Gasteiger partial charge in [-0.05, 0) is 67.5 Å². The van der Waals surface area contributed by atoms with E-state index in [0.717, 1.165) is 18.5 Å². The van der Waals surface area contributed by atoms with E-state index in [4.69, 9.17) is 0 Å². The van der Waals surface area contributed by atoms with E-state index >= 15 is 0 Å². The van der Waals surface area contributed by atoms with Crippen LogP contribution in [-0.4, -0.2) is 10.5 Å². The Morgan fingerprint density at radius 1 is 1.07 bits per heavy atom. The molecule has 1 aromatic heterocycles. The number of hydrogen-bond donors (Lipinski definition) is 1. The highest BCUT2D eigenvalue weighted by Crippen LogP contribution is 2.27. The lowest BCUT2D eigenvalue weighted by Crippen LogP contribution is -2.26. The maximum Gasteiger partial charge on any atom is 0.251 e. The summed E-state index contributed by atoms with van der Waals surface area (Å²) in [5.74, 6) is -0.0282. The van der Waals surface area contributed by atoms with E-state index in [9.17, 15) is 4.79 Å². The normalized spacial score (nSPS) is 12.9. The van der Waals surface area contributed by atoms with E-state index in [0.29, 0.717) is 5.56 Å². The molecule has 0 saturated heterocycles. The monoisotopic (exact) mass is 390 g/mol. The first-order chi connectivity index (χ1) is 13.6. The second kappa shape index (κ2) is 8.06. The number of rotatable bonds is 5. The first-order valence-electron chi connectivity index (χ1n) is 10.6. The molecule has 3 nitrogen and oxygen atoms in total. The van der Waals surface area contributed by atoms with Crippen molar-refractivity contribution < 1.29 is 4.79 Å². The van der Waals surface area contributed by atoms with Gasteiger partial charge in [-0.1, -0.05) is 52.0 Å². The van der Waals surface area contributed by atoms with Crippen molar-refractivity contribution in [2.75, 3.05) is 0 Å². The Balaban J connectivity index is 1.81. The fourth-order valence-electron chi connectivity index (χ4n) is 3.94. The van der Waals surface area contributed by atoms with Gasteiger partial charge in [0.2, 0.25) is 0 Å². The largest absolute Gasteiger partial charge is 0.346 e. The molecule has 154 valence electrons. The second-order valence-electron chi connectivity index (χ2n) is 9.16. The maximum absolute atomic E-state index is 12.9. The minimum absolute atomic E-state index is 0.0282. The molecule has 0 spiro atoms. The SMILES string of the molecule is CCCn1c(C)c(C)c2cc(C(=O)N[C@@H](C)c3ccc(C(C)(C)C)cc3)ccc21. The fourth-order valence-corrected chi connectivity index (χ4v) is 3.94. The van der Waals surface area contributed by atoms with Crippen molar-refractivity contribution in [1.82, 2.24) is 9.88 Å². The zero-order valence-corrected chi connectivity index (χ0v) is 18.9. The summed E-state index contributed by atoms with van der Waals surface area (Å²) in [6.07, 6.45) is 1.10. The van der Waals surface area contributed by atoms with E-state index < -0.39 is 0 Å².